The van der Waals surface area contributed by atoms with E-state index < -0.39 is 0 Å². The van der Waals surface area contributed by atoms with Crippen molar-refractivity contribution in [3.8, 4) is 11.5 Å². The minimum absolute atomic E-state index is 0.0318. The maximum Gasteiger partial charge on any atom is 0.257 e. The number of hydrogen-bond donors (Lipinski definition) is 2. The molecular formula is C26H36N2O4. The van der Waals surface area contributed by atoms with Crippen LogP contribution in [0.15, 0.2) is 48.5 Å². The minimum atomic E-state index is -0.108. The summed E-state index contributed by atoms with van der Waals surface area (Å²) >= 11 is 0. The van der Waals surface area contributed by atoms with Crippen LogP contribution in [0.5, 0.6) is 11.5 Å². The van der Waals surface area contributed by atoms with Crippen molar-refractivity contribution in [1.29, 1.82) is 0 Å². The summed E-state index contributed by atoms with van der Waals surface area (Å²) in [5.41, 5.74) is 2.38. The van der Waals surface area contributed by atoms with Crippen LogP contribution in [-0.2, 0) is 22.4 Å². The third-order valence-corrected chi connectivity index (χ3v) is 5.10. The Bertz CT molecular complexity index is 769. The number of ether oxygens (including phenoxy) is 2. The Morgan fingerprint density at radius 1 is 0.688 bits per heavy atom. The van der Waals surface area contributed by atoms with Crippen LogP contribution in [0.4, 0.5) is 0 Å². The molecule has 0 atom stereocenters. The highest BCUT2D eigenvalue weighted by Gasteiger charge is 2.04. The van der Waals surface area contributed by atoms with Gasteiger partial charge in [-0.3, -0.25) is 9.59 Å². The van der Waals surface area contributed by atoms with Gasteiger partial charge in [0, 0.05) is 13.1 Å². The van der Waals surface area contributed by atoms with E-state index in [9.17, 15) is 9.59 Å². The zero-order chi connectivity index (χ0) is 23.0. The van der Waals surface area contributed by atoms with Gasteiger partial charge >= 0.3 is 0 Å². The summed E-state index contributed by atoms with van der Waals surface area (Å²) in [6.07, 6.45) is 5.68. The Kier molecular flexibility index (Phi) is 11.7. The van der Waals surface area contributed by atoms with E-state index in [4.69, 9.17) is 9.47 Å². The number of carbonyl (C=O) groups excluding carboxylic acids is 2. The normalized spacial score (nSPS) is 10.4. The molecule has 2 aromatic carbocycles. The molecule has 2 amide bonds. The zero-order valence-electron chi connectivity index (χ0n) is 19.3. The van der Waals surface area contributed by atoms with Gasteiger partial charge in [-0.15, -0.1) is 0 Å². The molecule has 0 unspecified atom stereocenters. The Balaban J connectivity index is 1.44. The van der Waals surface area contributed by atoms with Gasteiger partial charge in [-0.25, -0.2) is 0 Å². The van der Waals surface area contributed by atoms with Gasteiger partial charge in [0.05, 0.1) is 0 Å². The first kappa shape index (κ1) is 25.2. The Labute approximate surface area is 191 Å². The molecule has 0 heterocycles. The lowest BCUT2D eigenvalue weighted by Crippen LogP contribution is -2.30. The molecule has 0 aliphatic heterocycles. The Hall–Kier alpha value is -3.02. The van der Waals surface area contributed by atoms with Crippen LogP contribution in [-0.4, -0.2) is 38.1 Å². The lowest BCUT2D eigenvalue weighted by Gasteiger charge is -2.09. The fourth-order valence-corrected chi connectivity index (χ4v) is 3.17. The number of benzene rings is 2. The summed E-state index contributed by atoms with van der Waals surface area (Å²) in [5, 5.41) is 5.76. The van der Waals surface area contributed by atoms with E-state index in [2.05, 4.69) is 24.5 Å². The molecule has 6 heteroatoms. The number of nitrogens with one attached hydrogen (secondary N) is 2. The second-order valence-electron chi connectivity index (χ2n) is 7.69. The summed E-state index contributed by atoms with van der Waals surface area (Å²) in [6, 6.07) is 15.6. The molecule has 0 fully saturated rings. The van der Waals surface area contributed by atoms with Gasteiger partial charge in [0.1, 0.15) is 11.5 Å². The highest BCUT2D eigenvalue weighted by atomic mass is 16.5. The monoisotopic (exact) mass is 440 g/mol. The van der Waals surface area contributed by atoms with Crippen LogP contribution < -0.4 is 20.1 Å². The van der Waals surface area contributed by atoms with E-state index in [1.807, 2.05) is 48.5 Å². The summed E-state index contributed by atoms with van der Waals surface area (Å²) in [7, 11) is 0. The van der Waals surface area contributed by atoms with Crippen molar-refractivity contribution in [3.05, 3.63) is 59.7 Å². The molecule has 0 radical (unpaired) electrons. The molecule has 32 heavy (non-hydrogen) atoms. The molecule has 0 bridgehead atoms. The van der Waals surface area contributed by atoms with Crippen LogP contribution in [0.3, 0.4) is 0 Å². The van der Waals surface area contributed by atoms with E-state index in [1.54, 1.807) is 0 Å². The first-order chi connectivity index (χ1) is 15.6. The first-order valence-corrected chi connectivity index (χ1v) is 11.6. The van der Waals surface area contributed by atoms with Gasteiger partial charge < -0.3 is 20.1 Å². The molecule has 2 aromatic rings. The molecule has 2 rings (SSSR count). The molecule has 0 saturated heterocycles. The number of rotatable bonds is 15. The molecule has 0 spiro atoms. The fraction of sp³-hybridized carbons (Fsp3) is 0.462. The molecule has 174 valence electrons. The molecule has 6 nitrogen and oxygen atoms in total. The van der Waals surface area contributed by atoms with Crippen molar-refractivity contribution in [3.63, 3.8) is 0 Å². The number of aryl methyl sites for hydroxylation is 2. The predicted molar refractivity (Wildman–Crippen MR) is 127 cm³/mol. The maximum absolute atomic E-state index is 11.9. The van der Waals surface area contributed by atoms with E-state index >= 15 is 0 Å². The fourth-order valence-electron chi connectivity index (χ4n) is 3.17. The third-order valence-electron chi connectivity index (χ3n) is 5.10. The van der Waals surface area contributed by atoms with Gasteiger partial charge in [-0.1, -0.05) is 51.0 Å². The number of hydrogen-bond acceptors (Lipinski definition) is 4. The van der Waals surface area contributed by atoms with Crippen molar-refractivity contribution in [1.82, 2.24) is 10.6 Å². The summed E-state index contributed by atoms with van der Waals surface area (Å²) < 4.78 is 11.1. The summed E-state index contributed by atoms with van der Waals surface area (Å²) in [5.74, 6) is 1.23. The quantitative estimate of drug-likeness (QED) is 0.410. The van der Waals surface area contributed by atoms with Crippen LogP contribution >= 0.6 is 0 Å². The van der Waals surface area contributed by atoms with Crippen molar-refractivity contribution in [2.75, 3.05) is 26.3 Å². The van der Waals surface area contributed by atoms with Crippen LogP contribution in [0.2, 0.25) is 0 Å². The average molecular weight is 441 g/mol. The van der Waals surface area contributed by atoms with Crippen molar-refractivity contribution < 1.29 is 19.1 Å². The highest BCUT2D eigenvalue weighted by Crippen LogP contribution is 2.14. The number of unbranched alkanes of at least 4 members (excludes halogenated alkanes) is 3. The van der Waals surface area contributed by atoms with Gasteiger partial charge in [-0.05, 0) is 61.1 Å². The Morgan fingerprint density at radius 3 is 1.53 bits per heavy atom. The van der Waals surface area contributed by atoms with Crippen LogP contribution in [0, 0.1) is 0 Å². The van der Waals surface area contributed by atoms with Gasteiger partial charge in [0.15, 0.2) is 13.2 Å². The topological polar surface area (TPSA) is 76.7 Å². The molecule has 2 N–H and O–H groups in total. The predicted octanol–water partition coefficient (Wildman–Crippen LogP) is 4.06. The lowest BCUT2D eigenvalue weighted by molar-refractivity contribution is -0.123. The van der Waals surface area contributed by atoms with Crippen LogP contribution in [0.1, 0.15) is 50.7 Å². The molecule has 0 aromatic heterocycles. The largest absolute Gasteiger partial charge is 0.484 e. The summed E-state index contributed by atoms with van der Waals surface area (Å²) in [4.78, 5) is 23.8. The Morgan fingerprint density at radius 2 is 1.12 bits per heavy atom. The highest BCUT2D eigenvalue weighted by molar-refractivity contribution is 5.77. The minimum Gasteiger partial charge on any atom is -0.484 e. The van der Waals surface area contributed by atoms with Crippen molar-refractivity contribution >= 4 is 11.8 Å². The van der Waals surface area contributed by atoms with Crippen molar-refractivity contribution in [2.24, 2.45) is 0 Å². The van der Waals surface area contributed by atoms with Crippen LogP contribution in [0.25, 0.3) is 0 Å². The maximum atomic E-state index is 11.9. The number of carbonyl (C=O) groups is 2. The van der Waals surface area contributed by atoms with Gasteiger partial charge in [0.2, 0.25) is 0 Å². The van der Waals surface area contributed by atoms with Gasteiger partial charge in [0.25, 0.3) is 11.8 Å². The first-order valence-electron chi connectivity index (χ1n) is 11.6. The second-order valence-corrected chi connectivity index (χ2v) is 7.69. The third kappa shape index (κ3) is 10.3. The van der Waals surface area contributed by atoms with E-state index in [-0.39, 0.29) is 25.0 Å². The molecule has 0 saturated carbocycles. The second kappa shape index (κ2) is 14.9. The zero-order valence-corrected chi connectivity index (χ0v) is 19.3. The van der Waals surface area contributed by atoms with Crippen molar-refractivity contribution in [2.45, 2.75) is 52.4 Å². The standard InChI is InChI=1S/C26H36N2O4/c1-3-21-11-9-13-23(17-21)31-19-25(29)27-15-7-5-6-8-16-28-26(30)20-32-24-14-10-12-22(4-2)18-24/h9-14,17-18H,3-8,15-16,19-20H2,1-2H3,(H,27,29)(H,28,30). The van der Waals surface area contributed by atoms with E-state index in [1.165, 1.54) is 11.1 Å². The lowest BCUT2D eigenvalue weighted by atomic mass is 10.2. The summed E-state index contributed by atoms with van der Waals surface area (Å²) in [6.45, 7) is 5.50. The smallest absolute Gasteiger partial charge is 0.257 e. The SMILES string of the molecule is CCc1cccc(OCC(=O)NCCCCCCNC(=O)COc2cccc(CC)c2)c1. The molecular weight excluding hydrogens is 404 g/mol. The molecule has 0 aliphatic rings. The van der Waals surface area contributed by atoms with Gasteiger partial charge in [-0.2, -0.15) is 0 Å². The van der Waals surface area contributed by atoms with E-state index in [0.29, 0.717) is 13.1 Å². The number of amides is 2. The average Bonchev–Trinajstić information content (AvgIpc) is 2.83. The molecule has 0 aliphatic carbocycles. The van der Waals surface area contributed by atoms with E-state index in [0.717, 1.165) is 50.0 Å².